The lowest BCUT2D eigenvalue weighted by Gasteiger charge is -2.06. The Hall–Kier alpha value is -0.480. The highest BCUT2D eigenvalue weighted by Gasteiger charge is 2.16. The molecule has 1 atom stereocenters. The van der Waals surface area contributed by atoms with Crippen LogP contribution in [0.4, 0.5) is 0 Å². The Morgan fingerprint density at radius 2 is 2.07 bits per heavy atom. The van der Waals surface area contributed by atoms with Gasteiger partial charge < -0.3 is 10.2 Å². The second-order valence-corrected chi connectivity index (χ2v) is 4.48. The molecule has 0 amide bonds. The fraction of sp³-hybridized carbons (Fsp3) is 0.111. The van der Waals surface area contributed by atoms with Crippen molar-refractivity contribution in [1.82, 2.24) is 0 Å². The highest BCUT2D eigenvalue weighted by atomic mass is 35.5. The van der Waals surface area contributed by atoms with Crippen LogP contribution in [0.5, 0.6) is 0 Å². The van der Waals surface area contributed by atoms with Crippen LogP contribution < -0.4 is 5.73 Å². The summed E-state index contributed by atoms with van der Waals surface area (Å²) in [5.41, 5.74) is 5.95. The van der Waals surface area contributed by atoms with Crippen molar-refractivity contribution in [3.05, 3.63) is 44.5 Å². The monoisotopic (exact) mass is 247 g/mol. The molecule has 2 aromatic heterocycles. The molecule has 14 heavy (non-hydrogen) atoms. The summed E-state index contributed by atoms with van der Waals surface area (Å²) >= 11 is 13.1. The van der Waals surface area contributed by atoms with Gasteiger partial charge in [-0.15, -0.1) is 11.3 Å². The van der Waals surface area contributed by atoms with Crippen molar-refractivity contribution < 1.29 is 4.42 Å². The Morgan fingerprint density at radius 3 is 2.57 bits per heavy atom. The van der Waals surface area contributed by atoms with E-state index in [-0.39, 0.29) is 6.04 Å². The van der Waals surface area contributed by atoms with E-state index in [1.54, 1.807) is 12.1 Å². The van der Waals surface area contributed by atoms with E-state index in [0.29, 0.717) is 16.0 Å². The first-order valence-electron chi connectivity index (χ1n) is 3.92. The number of rotatable bonds is 2. The van der Waals surface area contributed by atoms with Crippen LogP contribution in [0, 0.1) is 0 Å². The minimum atomic E-state index is -0.338. The number of hydrogen-bond donors (Lipinski definition) is 1. The van der Waals surface area contributed by atoms with E-state index < -0.39 is 0 Å². The molecule has 74 valence electrons. The third kappa shape index (κ3) is 1.81. The third-order valence-corrected chi connectivity index (χ3v) is 3.47. The van der Waals surface area contributed by atoms with Crippen LogP contribution in [0.1, 0.15) is 16.7 Å². The summed E-state index contributed by atoms with van der Waals surface area (Å²) in [4.78, 5) is 0.887. The number of halogens is 2. The van der Waals surface area contributed by atoms with Gasteiger partial charge in [-0.3, -0.25) is 0 Å². The van der Waals surface area contributed by atoms with E-state index in [1.165, 1.54) is 11.3 Å². The van der Waals surface area contributed by atoms with E-state index in [2.05, 4.69) is 0 Å². The minimum Gasteiger partial charge on any atom is -0.448 e. The molecule has 2 heterocycles. The zero-order valence-corrected chi connectivity index (χ0v) is 9.36. The van der Waals surface area contributed by atoms with Gasteiger partial charge in [0.1, 0.15) is 5.76 Å². The Morgan fingerprint density at radius 1 is 1.29 bits per heavy atom. The Balaban J connectivity index is 2.33. The first-order chi connectivity index (χ1) is 6.68. The molecule has 0 aromatic carbocycles. The SMILES string of the molecule is NC(c1ccc(Cl)o1)c1sccc1Cl. The summed E-state index contributed by atoms with van der Waals surface area (Å²) in [6.45, 7) is 0. The molecule has 0 saturated carbocycles. The summed E-state index contributed by atoms with van der Waals surface area (Å²) in [6, 6.07) is 4.89. The predicted molar refractivity (Wildman–Crippen MR) is 59.1 cm³/mol. The predicted octanol–water partition coefficient (Wildman–Crippen LogP) is 3.70. The summed E-state index contributed by atoms with van der Waals surface area (Å²) in [5, 5.41) is 2.89. The lowest BCUT2D eigenvalue weighted by Crippen LogP contribution is -2.09. The van der Waals surface area contributed by atoms with Gasteiger partial charge in [-0.1, -0.05) is 11.6 Å². The van der Waals surface area contributed by atoms with Crippen LogP contribution in [-0.4, -0.2) is 0 Å². The largest absolute Gasteiger partial charge is 0.448 e. The van der Waals surface area contributed by atoms with Gasteiger partial charge in [-0.25, -0.2) is 0 Å². The summed E-state index contributed by atoms with van der Waals surface area (Å²) in [6.07, 6.45) is 0. The van der Waals surface area contributed by atoms with Crippen molar-refractivity contribution in [2.45, 2.75) is 6.04 Å². The molecule has 1 unspecified atom stereocenters. The van der Waals surface area contributed by atoms with Crippen LogP contribution in [0.15, 0.2) is 28.0 Å². The van der Waals surface area contributed by atoms with Gasteiger partial charge in [0.05, 0.1) is 11.1 Å². The maximum absolute atomic E-state index is 5.95. The molecule has 0 fully saturated rings. The highest BCUT2D eigenvalue weighted by Crippen LogP contribution is 2.32. The van der Waals surface area contributed by atoms with Crippen molar-refractivity contribution in [1.29, 1.82) is 0 Å². The third-order valence-electron chi connectivity index (χ3n) is 1.83. The lowest BCUT2D eigenvalue weighted by molar-refractivity contribution is 0.493. The topological polar surface area (TPSA) is 39.2 Å². The van der Waals surface area contributed by atoms with E-state index in [4.69, 9.17) is 33.4 Å². The fourth-order valence-corrected chi connectivity index (χ4v) is 2.49. The average Bonchev–Trinajstić information content (AvgIpc) is 2.73. The summed E-state index contributed by atoms with van der Waals surface area (Å²) in [7, 11) is 0. The van der Waals surface area contributed by atoms with Gasteiger partial charge in [-0.05, 0) is 35.2 Å². The molecular formula is C9H7Cl2NOS. The molecule has 0 bridgehead atoms. The molecule has 2 nitrogen and oxygen atoms in total. The van der Waals surface area contributed by atoms with Gasteiger partial charge in [0.25, 0.3) is 0 Å². The molecule has 0 saturated heterocycles. The second-order valence-electron chi connectivity index (χ2n) is 2.75. The van der Waals surface area contributed by atoms with Gasteiger partial charge in [0, 0.05) is 4.88 Å². The van der Waals surface area contributed by atoms with Crippen LogP contribution in [0.2, 0.25) is 10.2 Å². The Kier molecular flexibility index (Phi) is 2.83. The fourth-order valence-electron chi connectivity index (χ4n) is 1.15. The van der Waals surface area contributed by atoms with Gasteiger partial charge in [0.2, 0.25) is 0 Å². The summed E-state index contributed by atoms with van der Waals surface area (Å²) in [5.74, 6) is 0.624. The molecule has 2 N–H and O–H groups in total. The van der Waals surface area contributed by atoms with Crippen LogP contribution in [-0.2, 0) is 0 Å². The summed E-state index contributed by atoms with van der Waals surface area (Å²) < 4.78 is 5.21. The van der Waals surface area contributed by atoms with Gasteiger partial charge in [-0.2, -0.15) is 0 Å². The quantitative estimate of drug-likeness (QED) is 0.880. The maximum Gasteiger partial charge on any atom is 0.193 e. The highest BCUT2D eigenvalue weighted by molar-refractivity contribution is 7.10. The van der Waals surface area contributed by atoms with Crippen LogP contribution in [0.25, 0.3) is 0 Å². The average molecular weight is 248 g/mol. The molecule has 2 aromatic rings. The molecule has 2 rings (SSSR count). The molecule has 0 aliphatic rings. The van der Waals surface area contributed by atoms with Crippen LogP contribution in [0.3, 0.4) is 0 Å². The van der Waals surface area contributed by atoms with E-state index >= 15 is 0 Å². The van der Waals surface area contributed by atoms with E-state index in [0.717, 1.165) is 4.88 Å². The van der Waals surface area contributed by atoms with Crippen molar-refractivity contribution in [2.24, 2.45) is 5.73 Å². The zero-order valence-electron chi connectivity index (χ0n) is 7.04. The molecule has 0 spiro atoms. The number of thiophene rings is 1. The standard InChI is InChI=1S/C9H7Cl2NOS/c10-5-3-4-14-9(5)8(12)6-1-2-7(11)13-6/h1-4,8H,12H2. The molecular weight excluding hydrogens is 241 g/mol. The zero-order chi connectivity index (χ0) is 10.1. The smallest absolute Gasteiger partial charge is 0.193 e. The number of furan rings is 1. The first kappa shape index (κ1) is 10.1. The lowest BCUT2D eigenvalue weighted by atomic mass is 10.2. The molecule has 0 aliphatic heterocycles. The van der Waals surface area contributed by atoms with Gasteiger partial charge in [0.15, 0.2) is 5.22 Å². The number of hydrogen-bond acceptors (Lipinski definition) is 3. The Labute approximate surface area is 95.2 Å². The number of nitrogens with two attached hydrogens (primary N) is 1. The van der Waals surface area contributed by atoms with E-state index in [1.807, 2.05) is 11.4 Å². The normalized spacial score (nSPS) is 13.1. The van der Waals surface area contributed by atoms with Crippen molar-refractivity contribution >= 4 is 34.5 Å². The minimum absolute atomic E-state index is 0.336. The van der Waals surface area contributed by atoms with Crippen molar-refractivity contribution in [3.63, 3.8) is 0 Å². The first-order valence-corrected chi connectivity index (χ1v) is 5.55. The van der Waals surface area contributed by atoms with Crippen molar-refractivity contribution in [3.8, 4) is 0 Å². The maximum atomic E-state index is 5.95. The van der Waals surface area contributed by atoms with Crippen molar-refractivity contribution in [2.75, 3.05) is 0 Å². The molecule has 0 radical (unpaired) electrons. The van der Waals surface area contributed by atoms with Crippen LogP contribution >= 0.6 is 34.5 Å². The molecule has 0 aliphatic carbocycles. The second kappa shape index (κ2) is 3.95. The van der Waals surface area contributed by atoms with Gasteiger partial charge >= 0.3 is 0 Å². The Bertz CT molecular complexity index is 437. The molecule has 5 heteroatoms. The van der Waals surface area contributed by atoms with E-state index in [9.17, 15) is 0 Å².